The van der Waals surface area contributed by atoms with Crippen LogP contribution < -0.4 is 15.2 Å². The molecule has 0 spiro atoms. The van der Waals surface area contributed by atoms with Gasteiger partial charge in [-0.15, -0.1) is 0 Å². The molecule has 5 aromatic rings. The molecule has 10 heteroatoms. The van der Waals surface area contributed by atoms with Crippen LogP contribution in [0.5, 0.6) is 17.2 Å². The van der Waals surface area contributed by atoms with E-state index < -0.39 is 5.82 Å². The van der Waals surface area contributed by atoms with Crippen molar-refractivity contribution in [1.82, 2.24) is 24.3 Å². The number of nitrogens with two attached hydrogens (primary N) is 1. The first-order valence-electron chi connectivity index (χ1n) is 12.4. The highest BCUT2D eigenvalue weighted by Crippen LogP contribution is 2.34. The summed E-state index contributed by atoms with van der Waals surface area (Å²) < 4.78 is 35.3. The van der Waals surface area contributed by atoms with Crippen LogP contribution in [0.25, 0.3) is 16.7 Å². The van der Waals surface area contributed by atoms with E-state index in [2.05, 4.69) is 9.97 Å². The van der Waals surface area contributed by atoms with E-state index >= 15 is 0 Å². The largest absolute Gasteiger partial charge is 0.487 e. The van der Waals surface area contributed by atoms with Gasteiger partial charge in [0.2, 0.25) is 0 Å². The van der Waals surface area contributed by atoms with Crippen LogP contribution >= 0.6 is 0 Å². The zero-order valence-corrected chi connectivity index (χ0v) is 20.9. The Morgan fingerprint density at radius 3 is 2.58 bits per heavy atom. The zero-order chi connectivity index (χ0) is 26.1. The molecule has 194 valence electrons. The molecule has 0 atom stereocenters. The number of aromatic nitrogens is 5. The second kappa shape index (κ2) is 10.1. The lowest BCUT2D eigenvalue weighted by molar-refractivity contribution is 0.0846. The molecule has 6 rings (SSSR count). The Labute approximate surface area is 218 Å². The Balaban J connectivity index is 1.24. The molecule has 2 N–H and O–H groups in total. The summed E-state index contributed by atoms with van der Waals surface area (Å²) in [6.07, 6.45) is 5.17. The van der Waals surface area contributed by atoms with Gasteiger partial charge in [0.05, 0.1) is 17.1 Å². The second-order valence-corrected chi connectivity index (χ2v) is 9.26. The van der Waals surface area contributed by atoms with E-state index in [9.17, 15) is 4.39 Å². The summed E-state index contributed by atoms with van der Waals surface area (Å²) in [5.41, 5.74) is 10.3. The number of benzene rings is 2. The van der Waals surface area contributed by atoms with Gasteiger partial charge in [-0.05, 0) is 49.2 Å². The number of rotatable bonds is 7. The average molecular weight is 515 g/mol. The quantitative estimate of drug-likeness (QED) is 0.321. The fraction of sp³-hybridized carbons (Fsp3) is 0.250. The molecule has 0 bridgehead atoms. The maximum atomic E-state index is 14.3. The number of hydrogen-bond donors (Lipinski definition) is 1. The Morgan fingerprint density at radius 1 is 1.03 bits per heavy atom. The van der Waals surface area contributed by atoms with Crippen molar-refractivity contribution < 1.29 is 18.6 Å². The van der Waals surface area contributed by atoms with Crippen LogP contribution in [0.15, 0.2) is 67.1 Å². The van der Waals surface area contributed by atoms with E-state index in [1.807, 2.05) is 42.1 Å². The Bertz CT molecular complexity index is 1570. The maximum Gasteiger partial charge on any atom is 0.153 e. The monoisotopic (exact) mass is 514 g/mol. The standard InChI is InChI=1S/C28H27FN6O3/c1-34-10-2-3-21(34)16-37-23-13-19(29)14-24(15-23)38-22-6-4-20(5-7-22)35-27-26(31-17-32-28(27)30)25(33-35)18-8-11-36-12-9-18/h2-7,10,13-15,17-18H,8-9,11-12,16H2,1H3,(H2,30,31,32). The van der Waals surface area contributed by atoms with Crippen molar-refractivity contribution in [1.29, 1.82) is 0 Å². The van der Waals surface area contributed by atoms with Gasteiger partial charge in [0, 0.05) is 50.6 Å². The van der Waals surface area contributed by atoms with E-state index in [0.717, 1.165) is 35.4 Å². The molecule has 1 aliphatic rings. The molecule has 0 unspecified atom stereocenters. The third kappa shape index (κ3) is 4.78. The molecular weight excluding hydrogens is 487 g/mol. The Hall–Kier alpha value is -4.44. The van der Waals surface area contributed by atoms with Gasteiger partial charge in [-0.3, -0.25) is 0 Å². The van der Waals surface area contributed by atoms with E-state index in [0.29, 0.717) is 48.4 Å². The third-order valence-electron chi connectivity index (χ3n) is 6.72. The number of nitrogen functional groups attached to an aromatic ring is 1. The number of ether oxygens (including phenoxy) is 3. The summed E-state index contributed by atoms with van der Waals surface area (Å²) >= 11 is 0. The van der Waals surface area contributed by atoms with Gasteiger partial charge < -0.3 is 24.5 Å². The van der Waals surface area contributed by atoms with Crippen LogP contribution in [0.1, 0.15) is 30.1 Å². The zero-order valence-electron chi connectivity index (χ0n) is 20.9. The van der Waals surface area contributed by atoms with E-state index in [4.69, 9.17) is 25.0 Å². The van der Waals surface area contributed by atoms with Crippen molar-refractivity contribution in [3.8, 4) is 22.9 Å². The van der Waals surface area contributed by atoms with Crippen molar-refractivity contribution in [2.45, 2.75) is 25.4 Å². The third-order valence-corrected chi connectivity index (χ3v) is 6.72. The number of aryl methyl sites for hydroxylation is 1. The van der Waals surface area contributed by atoms with Crippen LogP contribution in [0.3, 0.4) is 0 Å². The summed E-state index contributed by atoms with van der Waals surface area (Å²) in [7, 11) is 1.93. The predicted octanol–water partition coefficient (Wildman–Crippen LogP) is 5.14. The molecular formula is C28H27FN6O3. The molecule has 2 aromatic carbocycles. The van der Waals surface area contributed by atoms with Crippen molar-refractivity contribution in [3.63, 3.8) is 0 Å². The first-order valence-corrected chi connectivity index (χ1v) is 12.4. The van der Waals surface area contributed by atoms with Gasteiger partial charge in [-0.2, -0.15) is 5.10 Å². The number of nitrogens with zero attached hydrogens (tertiary/aromatic N) is 5. The lowest BCUT2D eigenvalue weighted by Crippen LogP contribution is -2.15. The normalized spacial score (nSPS) is 14.2. The van der Waals surface area contributed by atoms with Crippen molar-refractivity contribution >= 4 is 16.9 Å². The van der Waals surface area contributed by atoms with E-state index in [1.165, 1.54) is 18.5 Å². The highest BCUT2D eigenvalue weighted by Gasteiger charge is 2.25. The number of anilines is 1. The van der Waals surface area contributed by atoms with Crippen LogP contribution in [0.4, 0.5) is 10.2 Å². The first-order chi connectivity index (χ1) is 18.5. The van der Waals surface area contributed by atoms with Crippen LogP contribution in [0.2, 0.25) is 0 Å². The van der Waals surface area contributed by atoms with Gasteiger partial charge in [0.1, 0.15) is 47.0 Å². The summed E-state index contributed by atoms with van der Waals surface area (Å²) in [5, 5.41) is 4.90. The molecule has 3 aromatic heterocycles. The number of fused-ring (bicyclic) bond motifs is 1. The van der Waals surface area contributed by atoms with Crippen LogP contribution in [-0.4, -0.2) is 37.5 Å². The van der Waals surface area contributed by atoms with Gasteiger partial charge in [0.25, 0.3) is 0 Å². The maximum absolute atomic E-state index is 14.3. The summed E-state index contributed by atoms with van der Waals surface area (Å²) in [6.45, 7) is 1.72. The minimum Gasteiger partial charge on any atom is -0.487 e. The highest BCUT2D eigenvalue weighted by molar-refractivity contribution is 5.88. The van der Waals surface area contributed by atoms with Crippen molar-refractivity contribution in [3.05, 3.63) is 84.3 Å². The molecule has 1 fully saturated rings. The minimum atomic E-state index is -0.444. The van der Waals surface area contributed by atoms with Gasteiger partial charge in [-0.25, -0.2) is 19.0 Å². The average Bonchev–Trinajstić information content (AvgIpc) is 3.52. The molecule has 1 aliphatic heterocycles. The minimum absolute atomic E-state index is 0.246. The molecule has 9 nitrogen and oxygen atoms in total. The molecule has 0 aliphatic carbocycles. The fourth-order valence-electron chi connectivity index (χ4n) is 4.70. The van der Waals surface area contributed by atoms with E-state index in [1.54, 1.807) is 22.9 Å². The number of halogens is 1. The second-order valence-electron chi connectivity index (χ2n) is 9.26. The lowest BCUT2D eigenvalue weighted by atomic mass is 9.96. The lowest BCUT2D eigenvalue weighted by Gasteiger charge is -2.20. The van der Waals surface area contributed by atoms with Gasteiger partial charge in [0.15, 0.2) is 5.82 Å². The fourth-order valence-corrected chi connectivity index (χ4v) is 4.70. The summed E-state index contributed by atoms with van der Waals surface area (Å²) in [4.78, 5) is 8.69. The Morgan fingerprint density at radius 2 is 1.82 bits per heavy atom. The van der Waals surface area contributed by atoms with E-state index in [-0.39, 0.29) is 5.92 Å². The van der Waals surface area contributed by atoms with Crippen LogP contribution in [-0.2, 0) is 18.4 Å². The highest BCUT2D eigenvalue weighted by atomic mass is 19.1. The van der Waals surface area contributed by atoms with Crippen molar-refractivity contribution in [2.24, 2.45) is 7.05 Å². The van der Waals surface area contributed by atoms with Crippen LogP contribution in [0, 0.1) is 5.82 Å². The molecule has 0 saturated carbocycles. The van der Waals surface area contributed by atoms with Crippen molar-refractivity contribution in [2.75, 3.05) is 18.9 Å². The smallest absolute Gasteiger partial charge is 0.153 e. The molecule has 38 heavy (non-hydrogen) atoms. The first kappa shape index (κ1) is 23.9. The predicted molar refractivity (Wildman–Crippen MR) is 140 cm³/mol. The number of hydrogen-bond acceptors (Lipinski definition) is 7. The molecule has 1 saturated heterocycles. The van der Waals surface area contributed by atoms with Gasteiger partial charge in [-0.1, -0.05) is 0 Å². The summed E-state index contributed by atoms with van der Waals surface area (Å²) in [6, 6.07) is 15.5. The summed E-state index contributed by atoms with van der Waals surface area (Å²) in [5.74, 6) is 1.43. The molecule has 0 radical (unpaired) electrons. The van der Waals surface area contributed by atoms with Gasteiger partial charge >= 0.3 is 0 Å². The Kier molecular flexibility index (Phi) is 6.38. The molecule has 4 heterocycles. The SMILES string of the molecule is Cn1cccc1COc1cc(F)cc(Oc2ccc(-n3nc(C4CCOCC4)c4ncnc(N)c43)cc2)c1. The molecule has 0 amide bonds. The topological polar surface area (TPSA) is 102 Å².